The van der Waals surface area contributed by atoms with Crippen LogP contribution in [0.4, 0.5) is 26.3 Å². The molecule has 386 valence electrons. The monoisotopic (exact) mass is 1000 g/mol. The zero-order valence-electron chi connectivity index (χ0n) is 40.5. The second-order valence-corrected chi connectivity index (χ2v) is 18.1. The van der Waals surface area contributed by atoms with Gasteiger partial charge in [-0.1, -0.05) is 75.6 Å². The van der Waals surface area contributed by atoms with E-state index in [1.165, 1.54) is 0 Å². The maximum atomic E-state index is 15.0. The number of hydrogen-bond acceptors (Lipinski definition) is 10. The lowest BCUT2D eigenvalue weighted by Gasteiger charge is -2.35. The van der Waals surface area contributed by atoms with Crippen LogP contribution in [0.3, 0.4) is 0 Å². The van der Waals surface area contributed by atoms with Crippen molar-refractivity contribution in [2.45, 2.75) is 128 Å². The number of likely N-dealkylation sites (N-methyl/N-ethyl adjacent to an activating group) is 3. The van der Waals surface area contributed by atoms with Crippen molar-refractivity contribution < 1.29 is 69.7 Å². The van der Waals surface area contributed by atoms with Gasteiger partial charge in [0.1, 0.15) is 32.0 Å². The highest BCUT2D eigenvalue weighted by atomic mass is 19.4. The van der Waals surface area contributed by atoms with E-state index in [1.54, 1.807) is 98.4 Å². The van der Waals surface area contributed by atoms with Gasteiger partial charge in [-0.3, -0.25) is 24.0 Å². The molecule has 3 rings (SSSR count). The minimum atomic E-state index is -5.55. The Morgan fingerprint density at radius 1 is 0.789 bits per heavy atom. The fraction of sp³-hybridized carbons (Fsp3) is 0.532. The first-order chi connectivity index (χ1) is 32.9. The number of amides is 5. The molecular weight excluding hydrogens is 945 g/mol. The van der Waals surface area contributed by atoms with Crippen molar-refractivity contribution in [1.29, 1.82) is 5.26 Å². The van der Waals surface area contributed by atoms with E-state index in [4.69, 9.17) is 23.6 Å². The lowest BCUT2D eigenvalue weighted by molar-refractivity contribution is -0.182. The van der Waals surface area contributed by atoms with Gasteiger partial charge in [-0.15, -0.1) is 0 Å². The summed E-state index contributed by atoms with van der Waals surface area (Å²) in [5.74, 6) is -11.1. The summed E-state index contributed by atoms with van der Waals surface area (Å²) in [6.45, 7) is 7.74. The van der Waals surface area contributed by atoms with Crippen LogP contribution in [0.2, 0.25) is 0 Å². The maximum absolute atomic E-state index is 15.0. The topological polar surface area (TPSA) is 237 Å². The normalized spacial score (nSPS) is 14.8. The minimum Gasteiger partial charge on any atom is -0.479 e. The van der Waals surface area contributed by atoms with Gasteiger partial charge in [0.25, 0.3) is 5.91 Å². The van der Waals surface area contributed by atoms with E-state index < -0.39 is 121 Å². The Bertz CT molecular complexity index is 2430. The van der Waals surface area contributed by atoms with Crippen LogP contribution in [0.15, 0.2) is 54.7 Å². The molecule has 2 aromatic carbocycles. The minimum absolute atomic E-state index is 0.181. The number of alkyl halides is 6. The highest BCUT2D eigenvalue weighted by molar-refractivity contribution is 6.32. The molecule has 7 atom stereocenters. The third-order valence-electron chi connectivity index (χ3n) is 11.7. The zero-order chi connectivity index (χ0) is 53.9. The lowest BCUT2D eigenvalue weighted by atomic mass is 9.95. The van der Waals surface area contributed by atoms with Crippen molar-refractivity contribution in [3.05, 3.63) is 65.9 Å². The fourth-order valence-corrected chi connectivity index (χ4v) is 7.55. The number of benzene rings is 2. The summed E-state index contributed by atoms with van der Waals surface area (Å²) in [5, 5.41) is 23.0. The number of nitriles is 1. The molecule has 5 amide bonds. The number of nitrogens with two attached hydrogens (primary N) is 1. The Morgan fingerprint density at radius 2 is 1.35 bits per heavy atom. The van der Waals surface area contributed by atoms with Crippen molar-refractivity contribution in [2.75, 3.05) is 21.1 Å². The molecule has 0 bridgehead atoms. The average molecular weight is 1000 g/mol. The van der Waals surface area contributed by atoms with Crippen molar-refractivity contribution in [3.8, 4) is 6.07 Å². The van der Waals surface area contributed by atoms with Crippen molar-refractivity contribution >= 4 is 65.7 Å². The number of aliphatic carboxylic acids is 1. The summed E-state index contributed by atoms with van der Waals surface area (Å²) in [5.41, 5.74) is 7.43. The van der Waals surface area contributed by atoms with E-state index >= 15 is 0 Å². The smallest absolute Gasteiger partial charge is 0.417 e. The van der Waals surface area contributed by atoms with E-state index in [-0.39, 0.29) is 30.7 Å². The Kier molecular flexibility index (Phi) is 20.6. The number of halogens is 6. The van der Waals surface area contributed by atoms with Gasteiger partial charge in [0.15, 0.2) is 12.1 Å². The first-order valence-electron chi connectivity index (χ1n) is 22.4. The largest absolute Gasteiger partial charge is 0.479 e. The van der Waals surface area contributed by atoms with Crippen LogP contribution in [0.5, 0.6) is 0 Å². The predicted octanol–water partition coefficient (Wildman–Crippen LogP) is 3.34. The average Bonchev–Trinajstić information content (AvgIpc) is 3.63. The molecule has 0 saturated heterocycles. The molecule has 1 heterocycles. The second-order valence-electron chi connectivity index (χ2n) is 18.1. The summed E-state index contributed by atoms with van der Waals surface area (Å²) in [7, 11) is 8.67. The van der Waals surface area contributed by atoms with Gasteiger partial charge in [-0.2, -0.15) is 31.6 Å². The fourth-order valence-electron chi connectivity index (χ4n) is 7.55. The number of carbonyl (C=O) groups is 7. The van der Waals surface area contributed by atoms with Gasteiger partial charge in [0.05, 0.1) is 6.07 Å². The highest BCUT2D eigenvalue weighted by Gasteiger charge is 2.50. The van der Waals surface area contributed by atoms with Crippen LogP contribution in [0.1, 0.15) is 71.4 Å². The van der Waals surface area contributed by atoms with Crippen LogP contribution in [0.25, 0.3) is 10.9 Å². The third kappa shape index (κ3) is 15.9. The molecule has 0 unspecified atom stereocenters. The number of aromatic nitrogens is 1. The number of rotatable bonds is 23. The van der Waals surface area contributed by atoms with E-state index in [9.17, 15) is 65.0 Å². The van der Waals surface area contributed by atoms with Crippen molar-refractivity contribution in [2.24, 2.45) is 17.6 Å². The first kappa shape index (κ1) is 58.7. The molecule has 0 aliphatic carbocycles. The standard InChI is InChI=1S/C47H59BF6N8O9/c1-25(2)20-32(57-39(63)34(21-26(3)4)61(8)42(66)37(56)46(49,50)51)41(65)60(7)35(22-29-24-62(33-13-10-9-12-31(29)33)23-28-15-17-30(48)18-16-28)40(64)58-38(47(52,53)54)43(67)59(6)27(5)45(70)71-36(44(68)69)14-11-19-55/h9-10,12-13,15-18,24-27,32,34-38H,11,14,20-23,56H2,1-8H3,(H,57,63)(H,58,64)(H,68,69)/t27-,32-,34-,35-,36+,37+,38+/m0/s1. The van der Waals surface area contributed by atoms with Gasteiger partial charge in [-0.05, 0) is 48.8 Å². The molecular formula is C47H59BF6N8O9. The van der Waals surface area contributed by atoms with Crippen LogP contribution < -0.4 is 21.8 Å². The van der Waals surface area contributed by atoms with Crippen molar-refractivity contribution in [1.82, 2.24) is 29.9 Å². The molecule has 71 heavy (non-hydrogen) atoms. The number of esters is 1. The molecule has 17 nitrogen and oxygen atoms in total. The van der Waals surface area contributed by atoms with Crippen LogP contribution >= 0.6 is 0 Å². The molecule has 2 radical (unpaired) electrons. The summed E-state index contributed by atoms with van der Waals surface area (Å²) in [6.07, 6.45) is -12.7. The third-order valence-corrected chi connectivity index (χ3v) is 11.7. The first-order valence-corrected chi connectivity index (χ1v) is 22.4. The van der Waals surface area contributed by atoms with E-state index in [0.29, 0.717) is 26.8 Å². The molecule has 0 saturated carbocycles. The number of nitrogens with zero attached hydrogens (tertiary/aromatic N) is 5. The van der Waals surface area contributed by atoms with Crippen LogP contribution in [-0.2, 0) is 51.3 Å². The Labute approximate surface area is 408 Å². The van der Waals surface area contributed by atoms with Gasteiger partial charge in [-0.25, -0.2) is 9.59 Å². The number of fused-ring (bicyclic) bond motifs is 1. The quantitative estimate of drug-likeness (QED) is 0.0611. The van der Waals surface area contributed by atoms with Crippen LogP contribution in [-0.4, -0.2) is 150 Å². The molecule has 24 heteroatoms. The van der Waals surface area contributed by atoms with Crippen molar-refractivity contribution in [3.63, 3.8) is 0 Å². The molecule has 5 N–H and O–H groups in total. The predicted molar refractivity (Wildman–Crippen MR) is 247 cm³/mol. The number of carboxylic acids is 1. The van der Waals surface area contributed by atoms with E-state index in [2.05, 4.69) is 5.32 Å². The van der Waals surface area contributed by atoms with Gasteiger partial charge < -0.3 is 45.5 Å². The molecule has 3 aromatic rings. The zero-order valence-corrected chi connectivity index (χ0v) is 40.5. The lowest BCUT2D eigenvalue weighted by Crippen LogP contribution is -2.62. The Morgan fingerprint density at radius 3 is 1.89 bits per heavy atom. The van der Waals surface area contributed by atoms with Gasteiger partial charge in [0.2, 0.25) is 29.7 Å². The number of carbonyl (C=O) groups excluding carboxylic acids is 6. The highest BCUT2D eigenvalue weighted by Crippen LogP contribution is 2.28. The summed E-state index contributed by atoms with van der Waals surface area (Å²) < 4.78 is 92.3. The SMILES string of the molecule is [B]c1ccc(Cn2cc(C[C@@H](C(=O)N[C@H](C(=O)N(C)[C@@H](C)C(=O)O[C@H](CCC#N)C(=O)O)C(F)(F)F)N(C)C(=O)[C@H](CC(C)C)NC(=O)[C@H](CC(C)C)N(C)C(=O)[C@@H](N)C(F)(F)F)c3ccccc32)cc1. The van der Waals surface area contributed by atoms with Gasteiger partial charge >= 0.3 is 24.3 Å². The number of ether oxygens (including phenoxy) is 1. The van der Waals surface area contributed by atoms with E-state index in [1.807, 2.05) is 0 Å². The summed E-state index contributed by atoms with van der Waals surface area (Å²) in [4.78, 5) is 96.1. The molecule has 0 aliphatic rings. The summed E-state index contributed by atoms with van der Waals surface area (Å²) in [6, 6.07) is 2.04. The van der Waals surface area contributed by atoms with Crippen LogP contribution in [0, 0.1) is 23.2 Å². The number of para-hydroxylation sites is 1. The number of carboxylic acid groups (broad SMARTS) is 1. The number of hydrogen-bond donors (Lipinski definition) is 4. The second kappa shape index (κ2) is 25.0. The van der Waals surface area contributed by atoms with E-state index in [0.717, 1.165) is 38.5 Å². The Balaban J connectivity index is 2.15. The number of nitrogens with one attached hydrogen (secondary N) is 2. The Hall–Kier alpha value is -6.64. The molecule has 1 aromatic heterocycles. The summed E-state index contributed by atoms with van der Waals surface area (Å²) >= 11 is 0. The molecule has 0 spiro atoms. The molecule has 0 fully saturated rings. The van der Waals surface area contributed by atoms with Gasteiger partial charge in [0, 0.05) is 64.1 Å². The molecule has 0 aliphatic heterocycles. The maximum Gasteiger partial charge on any atom is 0.417 e.